The minimum Gasteiger partial charge on any atom is -0.497 e. The van der Waals surface area contributed by atoms with Gasteiger partial charge in [0.15, 0.2) is 16.6 Å². The van der Waals surface area contributed by atoms with Crippen molar-refractivity contribution in [2.24, 2.45) is 5.92 Å². The van der Waals surface area contributed by atoms with Gasteiger partial charge in [-0.15, -0.1) is 14.8 Å². The van der Waals surface area contributed by atoms with Gasteiger partial charge in [-0.3, -0.25) is 4.79 Å². The Kier molecular flexibility index (Phi) is 4.43. The molecule has 0 aliphatic carbocycles. The van der Waals surface area contributed by atoms with Crippen molar-refractivity contribution in [3.8, 4) is 5.75 Å². The fourth-order valence-corrected chi connectivity index (χ4v) is 4.37. The average Bonchev–Trinajstić information content (AvgIpc) is 3.38. The third-order valence-corrected chi connectivity index (χ3v) is 6.00. The predicted molar refractivity (Wildman–Crippen MR) is 108 cm³/mol. The maximum atomic E-state index is 12.7. The Hall–Kier alpha value is -3.34. The summed E-state index contributed by atoms with van der Waals surface area (Å²) in [5.41, 5.74) is 1.46. The van der Waals surface area contributed by atoms with E-state index in [1.54, 1.807) is 7.11 Å². The first-order chi connectivity index (χ1) is 14.2. The smallest absolute Gasteiger partial charge is 0.229 e. The van der Waals surface area contributed by atoms with E-state index in [2.05, 4.69) is 35.8 Å². The molecule has 29 heavy (non-hydrogen) atoms. The Bertz CT molecular complexity index is 1180. The number of aromatic nitrogens is 6. The molecule has 1 fully saturated rings. The van der Waals surface area contributed by atoms with Crippen molar-refractivity contribution >= 4 is 44.1 Å². The molecule has 5 rings (SSSR count). The topological polar surface area (TPSA) is 110 Å². The molecule has 148 valence electrons. The van der Waals surface area contributed by atoms with Crippen LogP contribution < -0.4 is 15.0 Å². The Morgan fingerprint density at radius 3 is 2.93 bits per heavy atom. The van der Waals surface area contributed by atoms with Crippen LogP contribution in [0.15, 0.2) is 30.3 Å². The van der Waals surface area contributed by atoms with Gasteiger partial charge in [-0.05, 0) is 53.6 Å². The molecule has 10 nitrogen and oxygen atoms in total. The van der Waals surface area contributed by atoms with Gasteiger partial charge in [0.1, 0.15) is 5.75 Å². The quantitative estimate of drug-likeness (QED) is 0.544. The highest BCUT2D eigenvalue weighted by atomic mass is 32.1. The minimum absolute atomic E-state index is 0.0135. The zero-order valence-corrected chi connectivity index (χ0v) is 16.5. The highest BCUT2D eigenvalue weighted by molar-refractivity contribution is 7.22. The number of thiazole rings is 1. The van der Waals surface area contributed by atoms with E-state index in [1.165, 1.54) is 16.0 Å². The lowest BCUT2D eigenvalue weighted by atomic mass is 9.96. The number of anilines is 2. The molecule has 0 saturated carbocycles. The molecule has 1 N–H and O–H groups in total. The molecule has 11 heteroatoms. The first-order valence-electron chi connectivity index (χ1n) is 9.25. The number of fused-ring (bicyclic) bond motifs is 2. The zero-order valence-electron chi connectivity index (χ0n) is 15.6. The van der Waals surface area contributed by atoms with Crippen LogP contribution in [0, 0.1) is 5.92 Å². The van der Waals surface area contributed by atoms with Gasteiger partial charge < -0.3 is 15.0 Å². The van der Waals surface area contributed by atoms with Gasteiger partial charge in [0.2, 0.25) is 5.91 Å². The van der Waals surface area contributed by atoms with Gasteiger partial charge in [0.05, 0.1) is 17.3 Å². The molecule has 4 heterocycles. The highest BCUT2D eigenvalue weighted by Gasteiger charge is 2.26. The van der Waals surface area contributed by atoms with Gasteiger partial charge in [-0.2, -0.15) is 0 Å². The van der Waals surface area contributed by atoms with Crippen LogP contribution in [0.25, 0.3) is 15.9 Å². The molecular formula is C18H18N8O2S. The summed E-state index contributed by atoms with van der Waals surface area (Å²) in [6.07, 6.45) is 1.50. The summed E-state index contributed by atoms with van der Waals surface area (Å²) in [6.45, 7) is 1.49. The van der Waals surface area contributed by atoms with Crippen molar-refractivity contribution in [3.63, 3.8) is 0 Å². The molecule has 1 amide bonds. The van der Waals surface area contributed by atoms with E-state index < -0.39 is 0 Å². The number of piperidine rings is 1. The van der Waals surface area contributed by atoms with Crippen molar-refractivity contribution in [1.82, 2.24) is 30.2 Å². The molecule has 0 radical (unpaired) electrons. The SMILES string of the molecule is COc1ccc2nc(NC(=O)C3CCN(c4ccc5nnnn5n4)CC3)sc2c1. The third-order valence-electron chi connectivity index (χ3n) is 5.07. The number of hydrogen-bond donors (Lipinski definition) is 1. The summed E-state index contributed by atoms with van der Waals surface area (Å²) in [5.74, 6) is 1.55. The number of ether oxygens (including phenoxy) is 1. The van der Waals surface area contributed by atoms with Gasteiger partial charge in [0, 0.05) is 19.0 Å². The van der Waals surface area contributed by atoms with Crippen LogP contribution in [0.3, 0.4) is 0 Å². The summed E-state index contributed by atoms with van der Waals surface area (Å²) in [7, 11) is 1.63. The standard InChI is InChI=1S/C18H18N8O2S/c1-28-12-2-3-13-14(10-12)29-18(19-13)20-17(27)11-6-8-25(9-7-11)16-5-4-15-21-23-24-26(15)22-16/h2-5,10-11H,6-9H2,1H3,(H,19,20,27). The van der Waals surface area contributed by atoms with E-state index in [-0.39, 0.29) is 11.8 Å². The average molecular weight is 410 g/mol. The van der Waals surface area contributed by atoms with Gasteiger partial charge in [-0.25, -0.2) is 4.98 Å². The van der Waals surface area contributed by atoms with Crippen molar-refractivity contribution < 1.29 is 9.53 Å². The molecular weight excluding hydrogens is 392 g/mol. The van der Waals surface area contributed by atoms with E-state index >= 15 is 0 Å². The van der Waals surface area contributed by atoms with E-state index in [4.69, 9.17) is 4.74 Å². The Labute approximate surface area is 169 Å². The number of tetrazole rings is 1. The predicted octanol–water partition coefficient (Wildman–Crippen LogP) is 1.99. The van der Waals surface area contributed by atoms with E-state index in [0.29, 0.717) is 10.8 Å². The van der Waals surface area contributed by atoms with Crippen LogP contribution in [0.4, 0.5) is 10.9 Å². The summed E-state index contributed by atoms with van der Waals surface area (Å²) in [4.78, 5) is 19.4. The molecule has 0 atom stereocenters. The van der Waals surface area contributed by atoms with E-state index in [0.717, 1.165) is 47.7 Å². The molecule has 0 bridgehead atoms. The Balaban J connectivity index is 1.23. The molecule has 1 aromatic carbocycles. The molecule has 0 unspecified atom stereocenters. The molecule has 1 saturated heterocycles. The Morgan fingerprint density at radius 2 is 2.10 bits per heavy atom. The second kappa shape index (κ2) is 7.24. The van der Waals surface area contributed by atoms with Gasteiger partial charge in [-0.1, -0.05) is 11.3 Å². The number of carbonyl (C=O) groups excluding carboxylic acids is 1. The van der Waals surface area contributed by atoms with Crippen molar-refractivity contribution in [2.45, 2.75) is 12.8 Å². The van der Waals surface area contributed by atoms with Crippen LogP contribution >= 0.6 is 11.3 Å². The van der Waals surface area contributed by atoms with Crippen LogP contribution in [0.2, 0.25) is 0 Å². The van der Waals surface area contributed by atoms with Crippen LogP contribution in [0.1, 0.15) is 12.8 Å². The largest absolute Gasteiger partial charge is 0.497 e. The highest BCUT2D eigenvalue weighted by Crippen LogP contribution is 2.30. The number of carbonyl (C=O) groups is 1. The number of hydrogen-bond acceptors (Lipinski definition) is 9. The number of amides is 1. The second-order valence-electron chi connectivity index (χ2n) is 6.82. The van der Waals surface area contributed by atoms with Crippen LogP contribution in [-0.4, -0.2) is 56.3 Å². The van der Waals surface area contributed by atoms with Gasteiger partial charge in [0.25, 0.3) is 0 Å². The number of nitrogens with zero attached hydrogens (tertiary/aromatic N) is 7. The fraction of sp³-hybridized carbons (Fsp3) is 0.333. The summed E-state index contributed by atoms with van der Waals surface area (Å²) in [5, 5.41) is 19.3. The summed E-state index contributed by atoms with van der Waals surface area (Å²) in [6, 6.07) is 9.43. The zero-order chi connectivity index (χ0) is 19.8. The maximum Gasteiger partial charge on any atom is 0.229 e. The van der Waals surface area contributed by atoms with Crippen molar-refractivity contribution in [1.29, 1.82) is 0 Å². The lowest BCUT2D eigenvalue weighted by molar-refractivity contribution is -0.120. The molecule has 1 aliphatic heterocycles. The lowest BCUT2D eigenvalue weighted by Crippen LogP contribution is -2.38. The molecule has 3 aromatic heterocycles. The Morgan fingerprint density at radius 1 is 1.24 bits per heavy atom. The minimum atomic E-state index is -0.0513. The summed E-state index contributed by atoms with van der Waals surface area (Å²) < 4.78 is 7.64. The molecule has 0 spiro atoms. The molecule has 4 aromatic rings. The fourth-order valence-electron chi connectivity index (χ4n) is 3.47. The van der Waals surface area contributed by atoms with E-state index in [9.17, 15) is 4.79 Å². The second-order valence-corrected chi connectivity index (χ2v) is 7.85. The monoisotopic (exact) mass is 410 g/mol. The third kappa shape index (κ3) is 3.44. The maximum absolute atomic E-state index is 12.7. The first-order valence-corrected chi connectivity index (χ1v) is 10.1. The molecule has 1 aliphatic rings. The summed E-state index contributed by atoms with van der Waals surface area (Å²) >= 11 is 1.45. The van der Waals surface area contributed by atoms with E-state index in [1.807, 2.05) is 30.3 Å². The normalized spacial score (nSPS) is 15.1. The number of nitrogens with one attached hydrogen (secondary N) is 1. The van der Waals surface area contributed by atoms with Crippen LogP contribution in [0.5, 0.6) is 5.75 Å². The van der Waals surface area contributed by atoms with Crippen LogP contribution in [-0.2, 0) is 4.79 Å². The van der Waals surface area contributed by atoms with Gasteiger partial charge >= 0.3 is 0 Å². The first kappa shape index (κ1) is 17.7. The van der Waals surface area contributed by atoms with Crippen molar-refractivity contribution in [3.05, 3.63) is 30.3 Å². The number of benzene rings is 1. The number of methoxy groups -OCH3 is 1. The number of rotatable bonds is 4. The lowest BCUT2D eigenvalue weighted by Gasteiger charge is -2.31. The van der Waals surface area contributed by atoms with Crippen molar-refractivity contribution in [2.75, 3.05) is 30.4 Å².